The van der Waals surface area contributed by atoms with Crippen LogP contribution in [0.4, 0.5) is 18.9 Å². The van der Waals surface area contributed by atoms with Crippen molar-refractivity contribution in [2.45, 2.75) is 6.18 Å². The van der Waals surface area contributed by atoms with Crippen LogP contribution in [0.2, 0.25) is 0 Å². The molecule has 2 nitrogen and oxygen atoms in total. The van der Waals surface area contributed by atoms with E-state index in [1.165, 1.54) is 30.5 Å². The van der Waals surface area contributed by atoms with Gasteiger partial charge in [0.15, 0.2) is 0 Å². The van der Waals surface area contributed by atoms with E-state index < -0.39 is 11.7 Å². The number of aromatic nitrogens is 1. The maximum absolute atomic E-state index is 12.8. The number of halogens is 4. The predicted octanol–water partition coefficient (Wildman–Crippen LogP) is 4.11. The zero-order valence-electron chi connectivity index (χ0n) is 9.00. The van der Waals surface area contributed by atoms with E-state index >= 15 is 0 Å². The molecule has 2 aromatic rings. The summed E-state index contributed by atoms with van der Waals surface area (Å²) < 4.78 is 39.1. The van der Waals surface area contributed by atoms with Crippen molar-refractivity contribution >= 4 is 21.6 Å². The van der Waals surface area contributed by atoms with Crippen molar-refractivity contribution < 1.29 is 13.2 Å². The van der Waals surface area contributed by atoms with Crippen LogP contribution in [0.1, 0.15) is 5.56 Å². The Bertz CT molecular complexity index is 582. The minimum Gasteiger partial charge on any atom is -0.397 e. The van der Waals surface area contributed by atoms with Gasteiger partial charge in [-0.05, 0) is 28.1 Å². The van der Waals surface area contributed by atoms with Gasteiger partial charge < -0.3 is 5.73 Å². The van der Waals surface area contributed by atoms with Crippen LogP contribution in [0, 0.1) is 0 Å². The van der Waals surface area contributed by atoms with Crippen LogP contribution in [-0.2, 0) is 6.18 Å². The van der Waals surface area contributed by atoms with Crippen LogP contribution < -0.4 is 5.73 Å². The van der Waals surface area contributed by atoms with Gasteiger partial charge in [0.25, 0.3) is 0 Å². The monoisotopic (exact) mass is 316 g/mol. The van der Waals surface area contributed by atoms with E-state index in [0.29, 0.717) is 10.2 Å². The highest BCUT2D eigenvalue weighted by Gasteiger charge is 2.33. The molecule has 0 unspecified atom stereocenters. The molecule has 0 aliphatic heterocycles. The summed E-state index contributed by atoms with van der Waals surface area (Å²) in [5.41, 5.74) is 5.48. The van der Waals surface area contributed by atoms with Gasteiger partial charge in [-0.1, -0.05) is 18.2 Å². The first-order valence-corrected chi connectivity index (χ1v) is 5.76. The highest BCUT2D eigenvalue weighted by Crippen LogP contribution is 2.37. The summed E-state index contributed by atoms with van der Waals surface area (Å²) in [7, 11) is 0. The lowest BCUT2D eigenvalue weighted by Crippen LogP contribution is -2.07. The number of pyridine rings is 1. The average Bonchev–Trinajstić information content (AvgIpc) is 2.32. The molecule has 0 radical (unpaired) electrons. The normalized spacial score (nSPS) is 11.6. The molecule has 0 fully saturated rings. The van der Waals surface area contributed by atoms with Gasteiger partial charge in [-0.3, -0.25) is 4.98 Å². The number of anilines is 1. The fraction of sp³-hybridized carbons (Fsp3) is 0.0833. The number of nitrogens with two attached hydrogens (primary N) is 1. The Morgan fingerprint density at radius 3 is 2.44 bits per heavy atom. The highest BCUT2D eigenvalue weighted by molar-refractivity contribution is 9.10. The molecule has 0 amide bonds. The molecule has 0 bridgehead atoms. The van der Waals surface area contributed by atoms with Crippen molar-refractivity contribution in [2.24, 2.45) is 0 Å². The van der Waals surface area contributed by atoms with Crippen molar-refractivity contribution in [1.29, 1.82) is 0 Å². The molecule has 1 aromatic carbocycles. The van der Waals surface area contributed by atoms with E-state index in [1.54, 1.807) is 0 Å². The molecule has 0 aliphatic rings. The second-order valence-corrected chi connectivity index (χ2v) is 4.49. The number of benzene rings is 1. The first-order valence-electron chi connectivity index (χ1n) is 4.97. The standard InChI is InChI=1S/C12H8BrF3N2/c13-9-5-11(18-6-10(9)17)7-3-1-2-4-8(7)12(14,15)16/h1-6H,17H2. The number of nitrogen functional groups attached to an aromatic ring is 1. The van der Waals surface area contributed by atoms with Crippen LogP contribution in [0.15, 0.2) is 41.0 Å². The van der Waals surface area contributed by atoms with Crippen LogP contribution in [0.3, 0.4) is 0 Å². The summed E-state index contributed by atoms with van der Waals surface area (Å²) in [6, 6.07) is 6.77. The number of nitrogens with zero attached hydrogens (tertiary/aromatic N) is 1. The Morgan fingerprint density at radius 2 is 1.83 bits per heavy atom. The third-order valence-corrected chi connectivity index (χ3v) is 3.08. The molecular formula is C12H8BrF3N2. The number of rotatable bonds is 1. The molecule has 0 saturated heterocycles. The zero-order chi connectivity index (χ0) is 13.3. The minimum atomic E-state index is -4.41. The Balaban J connectivity index is 2.61. The highest BCUT2D eigenvalue weighted by atomic mass is 79.9. The number of hydrogen-bond donors (Lipinski definition) is 1. The molecule has 1 aromatic heterocycles. The summed E-state index contributed by atoms with van der Waals surface area (Å²) in [4.78, 5) is 3.93. The van der Waals surface area contributed by atoms with Crippen LogP contribution >= 0.6 is 15.9 Å². The second kappa shape index (κ2) is 4.61. The molecule has 0 spiro atoms. The lowest BCUT2D eigenvalue weighted by Gasteiger charge is -2.12. The number of alkyl halides is 3. The first-order chi connectivity index (χ1) is 8.39. The van der Waals surface area contributed by atoms with Crippen LogP contribution in [-0.4, -0.2) is 4.98 Å². The van der Waals surface area contributed by atoms with Gasteiger partial charge in [0.1, 0.15) is 0 Å². The van der Waals surface area contributed by atoms with E-state index in [9.17, 15) is 13.2 Å². The summed E-state index contributed by atoms with van der Waals surface area (Å²) in [5.74, 6) is 0. The molecule has 0 atom stereocenters. The van der Waals surface area contributed by atoms with E-state index in [-0.39, 0.29) is 11.3 Å². The second-order valence-electron chi connectivity index (χ2n) is 3.63. The minimum absolute atomic E-state index is 0.0331. The quantitative estimate of drug-likeness (QED) is 0.859. The van der Waals surface area contributed by atoms with Crippen molar-refractivity contribution in [1.82, 2.24) is 4.98 Å². The Kier molecular flexibility index (Phi) is 3.30. The molecule has 0 aliphatic carbocycles. The molecule has 1 heterocycles. The smallest absolute Gasteiger partial charge is 0.397 e. The van der Waals surface area contributed by atoms with Crippen molar-refractivity contribution in [3.8, 4) is 11.3 Å². The molecule has 6 heteroatoms. The van der Waals surface area contributed by atoms with Crippen molar-refractivity contribution in [3.63, 3.8) is 0 Å². The zero-order valence-corrected chi connectivity index (χ0v) is 10.6. The van der Waals surface area contributed by atoms with Gasteiger partial charge in [-0.25, -0.2) is 0 Å². The lowest BCUT2D eigenvalue weighted by molar-refractivity contribution is -0.137. The third kappa shape index (κ3) is 2.48. The maximum Gasteiger partial charge on any atom is 0.417 e. The topological polar surface area (TPSA) is 38.9 Å². The Labute approximate surface area is 110 Å². The van der Waals surface area contributed by atoms with Gasteiger partial charge in [0.05, 0.1) is 23.1 Å². The van der Waals surface area contributed by atoms with Crippen molar-refractivity contribution in [3.05, 3.63) is 46.6 Å². The van der Waals surface area contributed by atoms with E-state index in [0.717, 1.165) is 6.07 Å². The fourth-order valence-electron chi connectivity index (χ4n) is 1.54. The van der Waals surface area contributed by atoms with Gasteiger partial charge in [0.2, 0.25) is 0 Å². The predicted molar refractivity (Wildman–Crippen MR) is 66.8 cm³/mol. The lowest BCUT2D eigenvalue weighted by atomic mass is 10.0. The van der Waals surface area contributed by atoms with E-state index in [4.69, 9.17) is 5.73 Å². The molecule has 2 N–H and O–H groups in total. The molecule has 18 heavy (non-hydrogen) atoms. The van der Waals surface area contributed by atoms with Gasteiger partial charge in [0, 0.05) is 10.0 Å². The van der Waals surface area contributed by atoms with Gasteiger partial charge >= 0.3 is 6.18 Å². The summed E-state index contributed by atoms with van der Waals surface area (Å²) in [6.45, 7) is 0. The molecule has 2 rings (SSSR count). The fourth-order valence-corrected chi connectivity index (χ4v) is 1.86. The largest absolute Gasteiger partial charge is 0.417 e. The molecular weight excluding hydrogens is 309 g/mol. The van der Waals surface area contributed by atoms with Gasteiger partial charge in [-0.2, -0.15) is 13.2 Å². The molecule has 94 valence electrons. The Hall–Kier alpha value is -1.56. The van der Waals surface area contributed by atoms with Crippen LogP contribution in [0.5, 0.6) is 0 Å². The summed E-state index contributed by atoms with van der Waals surface area (Å²) >= 11 is 3.17. The van der Waals surface area contributed by atoms with E-state index in [2.05, 4.69) is 20.9 Å². The Morgan fingerprint density at radius 1 is 1.17 bits per heavy atom. The maximum atomic E-state index is 12.8. The summed E-state index contributed by atoms with van der Waals surface area (Å²) in [6.07, 6.45) is -3.08. The SMILES string of the molecule is Nc1cnc(-c2ccccc2C(F)(F)F)cc1Br. The first kappa shape index (κ1) is 12.9. The van der Waals surface area contributed by atoms with Gasteiger partial charge in [-0.15, -0.1) is 0 Å². The van der Waals surface area contributed by atoms with E-state index in [1.807, 2.05) is 0 Å². The molecule has 0 saturated carbocycles. The van der Waals surface area contributed by atoms with Crippen molar-refractivity contribution in [2.75, 3.05) is 5.73 Å². The third-order valence-electron chi connectivity index (χ3n) is 2.39. The van der Waals surface area contributed by atoms with Crippen LogP contribution in [0.25, 0.3) is 11.3 Å². The summed E-state index contributed by atoms with van der Waals surface area (Å²) in [5, 5.41) is 0. The average molecular weight is 317 g/mol. The number of hydrogen-bond acceptors (Lipinski definition) is 2.